The molecule has 1 amide bonds. The fourth-order valence-corrected chi connectivity index (χ4v) is 3.37. The molecule has 0 saturated carbocycles. The van der Waals surface area contributed by atoms with Crippen LogP contribution in [0.25, 0.3) is 0 Å². The number of benzene rings is 2. The molecular weight excluding hydrogens is 316 g/mol. The van der Waals surface area contributed by atoms with E-state index in [1.165, 1.54) is 5.56 Å². The Morgan fingerprint density at radius 3 is 2.12 bits per heavy atom. The molecule has 0 fully saturated rings. The van der Waals surface area contributed by atoms with Crippen LogP contribution in [-0.4, -0.2) is 48.1 Å². The van der Waals surface area contributed by atoms with Crippen LogP contribution in [-0.2, 0) is 11.3 Å². The highest BCUT2D eigenvalue weighted by atomic mass is 32.2. The summed E-state index contributed by atoms with van der Waals surface area (Å²) in [5.74, 6) is 0.189. The molecule has 0 aliphatic heterocycles. The maximum Gasteiger partial charge on any atom is 0.236 e. The SMILES string of the molecule is CC(Sc1ccccc1)C(=O)N(CCN(C)C)Cc1ccccc1. The molecule has 1 atom stereocenters. The second-order valence-corrected chi connectivity index (χ2v) is 7.54. The van der Waals surface area contributed by atoms with Crippen molar-refractivity contribution in [3.05, 3.63) is 66.2 Å². The maximum absolute atomic E-state index is 13.0. The summed E-state index contributed by atoms with van der Waals surface area (Å²) in [7, 11) is 4.07. The van der Waals surface area contributed by atoms with Gasteiger partial charge in [0.05, 0.1) is 5.25 Å². The van der Waals surface area contributed by atoms with Crippen molar-refractivity contribution in [3.63, 3.8) is 0 Å². The molecule has 0 bridgehead atoms. The number of amides is 1. The van der Waals surface area contributed by atoms with Crippen LogP contribution in [0.1, 0.15) is 12.5 Å². The minimum atomic E-state index is -0.0988. The normalized spacial score (nSPS) is 12.2. The first kappa shape index (κ1) is 18.6. The summed E-state index contributed by atoms with van der Waals surface area (Å²) in [6.07, 6.45) is 0. The van der Waals surface area contributed by atoms with Gasteiger partial charge in [0, 0.05) is 24.5 Å². The lowest BCUT2D eigenvalue weighted by atomic mass is 10.2. The van der Waals surface area contributed by atoms with Crippen molar-refractivity contribution in [2.24, 2.45) is 0 Å². The summed E-state index contributed by atoms with van der Waals surface area (Å²) >= 11 is 1.62. The monoisotopic (exact) mass is 342 g/mol. The molecule has 0 aliphatic carbocycles. The average molecular weight is 343 g/mol. The first-order chi connectivity index (χ1) is 11.6. The quantitative estimate of drug-likeness (QED) is 0.683. The zero-order chi connectivity index (χ0) is 17.4. The van der Waals surface area contributed by atoms with Crippen LogP contribution in [0.5, 0.6) is 0 Å². The zero-order valence-electron chi connectivity index (χ0n) is 14.7. The third-order valence-corrected chi connectivity index (χ3v) is 4.85. The summed E-state index contributed by atoms with van der Waals surface area (Å²) in [5.41, 5.74) is 1.17. The molecule has 4 heteroatoms. The maximum atomic E-state index is 13.0. The Balaban J connectivity index is 2.05. The van der Waals surface area contributed by atoms with Crippen molar-refractivity contribution in [3.8, 4) is 0 Å². The number of hydrogen-bond acceptors (Lipinski definition) is 3. The number of likely N-dealkylation sites (N-methyl/N-ethyl adjacent to an activating group) is 1. The third kappa shape index (κ3) is 6.02. The topological polar surface area (TPSA) is 23.6 Å². The summed E-state index contributed by atoms with van der Waals surface area (Å²) in [5, 5.41) is -0.0988. The fourth-order valence-electron chi connectivity index (χ4n) is 2.40. The minimum Gasteiger partial charge on any atom is -0.336 e. The van der Waals surface area contributed by atoms with Crippen molar-refractivity contribution in [2.75, 3.05) is 27.2 Å². The van der Waals surface area contributed by atoms with Gasteiger partial charge in [-0.3, -0.25) is 4.79 Å². The number of carbonyl (C=O) groups excluding carboxylic acids is 1. The Morgan fingerprint density at radius 1 is 0.958 bits per heavy atom. The molecule has 0 aliphatic rings. The summed E-state index contributed by atoms with van der Waals surface area (Å²) < 4.78 is 0. The van der Waals surface area contributed by atoms with Gasteiger partial charge in [-0.15, -0.1) is 11.8 Å². The second-order valence-electron chi connectivity index (χ2n) is 6.12. The van der Waals surface area contributed by atoms with Crippen LogP contribution < -0.4 is 0 Å². The third-order valence-electron chi connectivity index (χ3n) is 3.75. The molecule has 0 radical (unpaired) electrons. The van der Waals surface area contributed by atoms with E-state index in [-0.39, 0.29) is 11.2 Å². The smallest absolute Gasteiger partial charge is 0.236 e. The van der Waals surface area contributed by atoms with Crippen LogP contribution in [0.15, 0.2) is 65.6 Å². The van der Waals surface area contributed by atoms with Gasteiger partial charge in [0.25, 0.3) is 0 Å². The van der Waals surface area contributed by atoms with Gasteiger partial charge >= 0.3 is 0 Å². The number of thioether (sulfide) groups is 1. The summed E-state index contributed by atoms with van der Waals surface area (Å²) in [6.45, 7) is 4.25. The van der Waals surface area contributed by atoms with Gasteiger partial charge in [-0.1, -0.05) is 48.5 Å². The molecule has 0 spiro atoms. The van der Waals surface area contributed by atoms with E-state index in [0.29, 0.717) is 6.54 Å². The van der Waals surface area contributed by atoms with E-state index < -0.39 is 0 Å². The number of rotatable bonds is 8. The van der Waals surface area contributed by atoms with Crippen LogP contribution in [0, 0.1) is 0 Å². The first-order valence-electron chi connectivity index (χ1n) is 8.25. The highest BCUT2D eigenvalue weighted by Crippen LogP contribution is 2.24. The van der Waals surface area contributed by atoms with Crippen LogP contribution in [0.4, 0.5) is 0 Å². The Morgan fingerprint density at radius 2 is 1.54 bits per heavy atom. The lowest BCUT2D eigenvalue weighted by Crippen LogP contribution is -2.40. The predicted molar refractivity (Wildman–Crippen MR) is 102 cm³/mol. The Hall–Kier alpha value is -1.78. The molecule has 0 heterocycles. The number of carbonyl (C=O) groups is 1. The largest absolute Gasteiger partial charge is 0.336 e. The standard InChI is InChI=1S/C20H26N2OS/c1-17(24-19-12-8-5-9-13-19)20(23)22(15-14-21(2)3)16-18-10-6-4-7-11-18/h4-13,17H,14-16H2,1-3H3. The molecule has 0 N–H and O–H groups in total. The van der Waals surface area contributed by atoms with E-state index in [2.05, 4.69) is 29.2 Å². The van der Waals surface area contributed by atoms with Gasteiger partial charge in [-0.2, -0.15) is 0 Å². The molecule has 0 aromatic heterocycles. The molecule has 2 aromatic carbocycles. The van der Waals surface area contributed by atoms with E-state index in [0.717, 1.165) is 18.0 Å². The van der Waals surface area contributed by atoms with Gasteiger partial charge in [-0.05, 0) is 38.7 Å². The lowest BCUT2D eigenvalue weighted by Gasteiger charge is -2.27. The summed E-state index contributed by atoms with van der Waals surface area (Å²) in [6, 6.07) is 20.3. The van der Waals surface area contributed by atoms with E-state index >= 15 is 0 Å². The van der Waals surface area contributed by atoms with Gasteiger partial charge < -0.3 is 9.80 Å². The Kier molecular flexibility index (Phi) is 7.35. The highest BCUT2D eigenvalue weighted by Gasteiger charge is 2.21. The van der Waals surface area contributed by atoms with E-state index in [1.54, 1.807) is 11.8 Å². The highest BCUT2D eigenvalue weighted by molar-refractivity contribution is 8.00. The predicted octanol–water partition coefficient (Wildman–Crippen LogP) is 3.76. The molecule has 2 rings (SSSR count). The molecule has 1 unspecified atom stereocenters. The van der Waals surface area contributed by atoms with E-state index in [9.17, 15) is 4.79 Å². The van der Waals surface area contributed by atoms with Crippen molar-refractivity contribution in [2.45, 2.75) is 23.6 Å². The van der Waals surface area contributed by atoms with Gasteiger partial charge in [0.2, 0.25) is 5.91 Å². The van der Waals surface area contributed by atoms with Crippen LogP contribution in [0.3, 0.4) is 0 Å². The number of hydrogen-bond donors (Lipinski definition) is 0. The first-order valence-corrected chi connectivity index (χ1v) is 9.13. The molecule has 0 saturated heterocycles. The van der Waals surface area contributed by atoms with Crippen molar-refractivity contribution < 1.29 is 4.79 Å². The van der Waals surface area contributed by atoms with Gasteiger partial charge in [0.1, 0.15) is 0 Å². The van der Waals surface area contributed by atoms with Crippen molar-refractivity contribution in [1.29, 1.82) is 0 Å². The van der Waals surface area contributed by atoms with Crippen molar-refractivity contribution in [1.82, 2.24) is 9.80 Å². The molecule has 2 aromatic rings. The van der Waals surface area contributed by atoms with Gasteiger partial charge in [-0.25, -0.2) is 0 Å². The molecule has 128 valence electrons. The van der Waals surface area contributed by atoms with E-state index in [1.807, 2.05) is 62.3 Å². The van der Waals surface area contributed by atoms with Crippen molar-refractivity contribution >= 4 is 17.7 Å². The fraction of sp³-hybridized carbons (Fsp3) is 0.350. The van der Waals surface area contributed by atoms with Gasteiger partial charge in [0.15, 0.2) is 0 Å². The minimum absolute atomic E-state index is 0.0988. The molecule has 24 heavy (non-hydrogen) atoms. The van der Waals surface area contributed by atoms with Crippen LogP contribution >= 0.6 is 11.8 Å². The van der Waals surface area contributed by atoms with Crippen LogP contribution in [0.2, 0.25) is 0 Å². The lowest BCUT2D eigenvalue weighted by molar-refractivity contribution is -0.131. The zero-order valence-corrected chi connectivity index (χ0v) is 15.5. The average Bonchev–Trinajstić information content (AvgIpc) is 2.59. The summed E-state index contributed by atoms with van der Waals surface area (Å²) in [4.78, 5) is 18.2. The number of nitrogens with zero attached hydrogens (tertiary/aromatic N) is 2. The molecular formula is C20H26N2OS. The Labute approximate surface area is 149 Å². The van der Waals surface area contributed by atoms with E-state index in [4.69, 9.17) is 0 Å². The Bertz CT molecular complexity index is 616. The molecule has 3 nitrogen and oxygen atoms in total. The second kappa shape index (κ2) is 9.50.